The van der Waals surface area contributed by atoms with Crippen LogP contribution in [0.1, 0.15) is 75.7 Å². The average molecular weight is 724 g/mol. The third kappa shape index (κ3) is 5.17. The molecule has 5 aliphatic carbocycles. The van der Waals surface area contributed by atoms with Gasteiger partial charge in [-0.1, -0.05) is 25.5 Å². The topological polar surface area (TPSA) is 169 Å². The number of ketones is 2. The number of aromatic nitrogens is 1. The van der Waals surface area contributed by atoms with E-state index in [4.69, 9.17) is 0 Å². The molecule has 5 fully saturated rings. The van der Waals surface area contributed by atoms with E-state index >= 15 is 4.39 Å². The van der Waals surface area contributed by atoms with Crippen molar-refractivity contribution in [3.8, 4) is 0 Å². The van der Waals surface area contributed by atoms with E-state index in [-0.39, 0.29) is 35.1 Å². The van der Waals surface area contributed by atoms with Crippen molar-refractivity contribution >= 4 is 34.1 Å². The van der Waals surface area contributed by atoms with Gasteiger partial charge in [0.1, 0.15) is 23.6 Å². The number of hydrogen-bond acceptors (Lipinski definition) is 9. The van der Waals surface area contributed by atoms with Crippen LogP contribution >= 0.6 is 0 Å². The van der Waals surface area contributed by atoms with E-state index in [0.717, 1.165) is 25.9 Å². The molecule has 1 saturated heterocycles. The molecule has 0 amide bonds. The van der Waals surface area contributed by atoms with E-state index in [1.165, 1.54) is 24.4 Å². The average Bonchev–Trinajstić information content (AvgIpc) is 3.94. The maximum Gasteiger partial charge on any atom is 0.341 e. The fraction of sp³-hybridized carbons (Fsp3) is 0.590. The summed E-state index contributed by atoms with van der Waals surface area (Å²) < 4.78 is 33.3. The zero-order valence-corrected chi connectivity index (χ0v) is 29.7. The van der Waals surface area contributed by atoms with Gasteiger partial charge in [0.2, 0.25) is 5.43 Å². The molecule has 4 saturated carbocycles. The molecule has 5 N–H and O–H groups in total. The van der Waals surface area contributed by atoms with Gasteiger partial charge in [-0.2, -0.15) is 0 Å². The summed E-state index contributed by atoms with van der Waals surface area (Å²) in [4.78, 5) is 50.1. The van der Waals surface area contributed by atoms with Crippen LogP contribution in [0.2, 0.25) is 0 Å². The first-order chi connectivity index (χ1) is 24.5. The Morgan fingerprint density at radius 3 is 2.40 bits per heavy atom. The van der Waals surface area contributed by atoms with Gasteiger partial charge >= 0.3 is 5.97 Å². The lowest BCUT2D eigenvalue weighted by Crippen LogP contribution is -2.69. The number of pyridine rings is 1. The Bertz CT molecular complexity index is 1970. The number of carbonyl (C=O) groups is 3. The van der Waals surface area contributed by atoms with Crippen LogP contribution in [0.25, 0.3) is 10.9 Å². The quantitative estimate of drug-likeness (QED) is 0.308. The summed E-state index contributed by atoms with van der Waals surface area (Å²) in [6, 6.07) is 3.08. The summed E-state index contributed by atoms with van der Waals surface area (Å²) in [6.45, 7) is 7.44. The molecule has 8 rings (SSSR count). The predicted octanol–water partition coefficient (Wildman–Crippen LogP) is 3.48. The Morgan fingerprint density at radius 2 is 1.77 bits per heavy atom. The van der Waals surface area contributed by atoms with Gasteiger partial charge in [0.15, 0.2) is 17.2 Å². The van der Waals surface area contributed by atoms with E-state index in [0.29, 0.717) is 49.1 Å². The van der Waals surface area contributed by atoms with Gasteiger partial charge in [0.05, 0.1) is 17.3 Å². The number of carboxylic acids is 1. The molecule has 1 aromatic heterocycles. The minimum absolute atomic E-state index is 0.0676. The Labute approximate surface area is 300 Å². The van der Waals surface area contributed by atoms with Gasteiger partial charge in [0, 0.05) is 60.6 Å². The highest BCUT2D eigenvalue weighted by atomic mass is 19.1. The number of alkyl halides is 1. The number of halogens is 2. The van der Waals surface area contributed by atoms with Crippen LogP contribution in [-0.2, 0) is 9.59 Å². The first kappa shape index (κ1) is 36.6. The smallest absolute Gasteiger partial charge is 0.341 e. The van der Waals surface area contributed by atoms with Crippen molar-refractivity contribution in [3.05, 3.63) is 63.7 Å². The minimum Gasteiger partial charge on any atom is -0.477 e. The van der Waals surface area contributed by atoms with E-state index in [1.807, 2.05) is 9.47 Å². The number of hydrogen-bond donors (Lipinski definition) is 5. The lowest BCUT2D eigenvalue weighted by molar-refractivity contribution is -0.219. The third-order valence-corrected chi connectivity index (χ3v) is 13.5. The van der Waals surface area contributed by atoms with Gasteiger partial charge < -0.3 is 35.2 Å². The van der Waals surface area contributed by atoms with Crippen molar-refractivity contribution < 1.29 is 43.6 Å². The van der Waals surface area contributed by atoms with Crippen molar-refractivity contribution in [1.29, 1.82) is 0 Å². The van der Waals surface area contributed by atoms with Crippen molar-refractivity contribution in [1.82, 2.24) is 9.88 Å². The fourth-order valence-electron chi connectivity index (χ4n) is 10.6. The Kier molecular flexibility index (Phi) is 8.91. The summed E-state index contributed by atoms with van der Waals surface area (Å²) in [5.41, 5.74) is -5.01. The number of anilines is 1. The number of nitrogens with one attached hydrogen (secondary N) is 1. The van der Waals surface area contributed by atoms with E-state index in [2.05, 4.69) is 5.32 Å². The molecule has 1 aliphatic heterocycles. The highest BCUT2D eigenvalue weighted by Gasteiger charge is 2.75. The summed E-state index contributed by atoms with van der Waals surface area (Å²) in [5.74, 6) is -3.87. The number of aliphatic hydroxyl groups is 3. The number of aliphatic hydroxyl groups excluding tert-OH is 2. The normalized spacial score (nSPS) is 36.7. The predicted molar refractivity (Wildman–Crippen MR) is 188 cm³/mol. The molecule has 6 aliphatic rings. The number of Topliss-reactive ketones (excluding diaryl/α,β-unsaturated/α-hetero) is 1. The fourth-order valence-corrected chi connectivity index (χ4v) is 10.6. The van der Waals surface area contributed by atoms with E-state index < -0.39 is 69.6 Å². The number of carbonyl (C=O) groups excluding carboxylic acids is 2. The third-order valence-electron chi connectivity index (χ3n) is 13.5. The molecule has 2 aromatic rings. The van der Waals surface area contributed by atoms with Crippen LogP contribution in [0.3, 0.4) is 0 Å². The molecule has 13 heteroatoms. The minimum atomic E-state index is -1.98. The maximum absolute atomic E-state index is 16.9. The number of carboxylic acid groups (broad SMARTS) is 1. The number of aromatic carboxylic acids is 1. The van der Waals surface area contributed by atoms with Crippen LogP contribution in [0, 0.1) is 34.4 Å². The SMILES string of the molecule is C[C@@H]1CC2C3CCC4=CC(=O)C=C[C@@]4(C)[C@]3(F)[C@H](O)C[C@]2(C)[C@]1(O)C(=O)CO.O=C(O)c1cn(C2CC2)c2cc(N3CCNCC3)c(F)cc2c1=O. The molecule has 2 unspecified atom stereocenters. The van der Waals surface area contributed by atoms with Gasteiger partial charge in [-0.05, 0) is 81.6 Å². The van der Waals surface area contributed by atoms with Crippen LogP contribution in [0.15, 0.2) is 46.9 Å². The number of benzene rings is 1. The second-order valence-electron chi connectivity index (χ2n) is 16.1. The number of allylic oxidation sites excluding steroid dienone is 4. The molecular weight excluding hydrogens is 676 g/mol. The molecule has 0 radical (unpaired) electrons. The molecule has 1 aromatic carbocycles. The lowest BCUT2D eigenvalue weighted by atomic mass is 9.44. The Hall–Kier alpha value is -3.78. The second kappa shape index (κ2) is 12.7. The first-order valence-electron chi connectivity index (χ1n) is 18.3. The number of fused-ring (bicyclic) bond motifs is 6. The molecule has 8 atom stereocenters. The van der Waals surface area contributed by atoms with Crippen LogP contribution in [-0.4, -0.2) is 92.7 Å². The summed E-state index contributed by atoms with van der Waals surface area (Å²) in [6.07, 6.45) is 7.73. The molecule has 11 nitrogen and oxygen atoms in total. The van der Waals surface area contributed by atoms with Gasteiger partial charge in [0.25, 0.3) is 0 Å². The maximum atomic E-state index is 16.9. The zero-order chi connectivity index (χ0) is 37.5. The standard InChI is InChI=1S/C22H29FO5.C17H18FN3O3/c1-12-8-16-15-5-4-13-9-14(25)6-7-19(13,2)21(15,23)17(26)10-20(16,3)22(12,28)18(27)11-24;18-13-7-11-14(8-15(13)20-5-3-19-4-6-20)21(10-1-2-10)9-12(16(11)22)17(23)24/h6-7,9,12,15-17,24,26,28H,4-5,8,10-11H2,1-3H3;7-10,19H,1-6H2,(H,23,24)/t12-,15?,16?,17-,19-,20+,21-,22-;/m1./s1. The van der Waals surface area contributed by atoms with Gasteiger partial charge in [-0.3, -0.25) is 14.4 Å². The monoisotopic (exact) mass is 723 g/mol. The number of nitrogens with zero attached hydrogens (tertiary/aromatic N) is 2. The number of rotatable bonds is 5. The summed E-state index contributed by atoms with van der Waals surface area (Å²) >= 11 is 0. The molecule has 0 bridgehead atoms. The highest BCUT2D eigenvalue weighted by molar-refractivity contribution is 6.01. The second-order valence-corrected chi connectivity index (χ2v) is 16.1. The van der Waals surface area contributed by atoms with Crippen LogP contribution in [0.5, 0.6) is 0 Å². The molecule has 2 heterocycles. The summed E-state index contributed by atoms with van der Waals surface area (Å²) in [7, 11) is 0. The van der Waals surface area contributed by atoms with Gasteiger partial charge in [-0.25, -0.2) is 13.6 Å². The summed E-state index contributed by atoms with van der Waals surface area (Å²) in [5, 5.41) is 44.6. The van der Waals surface area contributed by atoms with Crippen molar-refractivity contribution in [2.75, 3.05) is 37.7 Å². The van der Waals surface area contributed by atoms with Gasteiger partial charge in [-0.15, -0.1) is 0 Å². The highest BCUT2D eigenvalue weighted by Crippen LogP contribution is 2.70. The largest absolute Gasteiger partial charge is 0.477 e. The molecule has 0 spiro atoms. The lowest BCUT2D eigenvalue weighted by Gasteiger charge is -2.62. The Morgan fingerprint density at radius 1 is 1.08 bits per heavy atom. The number of piperazine rings is 1. The zero-order valence-electron chi connectivity index (χ0n) is 29.7. The van der Waals surface area contributed by atoms with Crippen LogP contribution in [0.4, 0.5) is 14.5 Å². The molecular formula is C39H47F2N3O8. The molecule has 280 valence electrons. The van der Waals surface area contributed by atoms with E-state index in [9.17, 15) is 44.0 Å². The van der Waals surface area contributed by atoms with Crippen molar-refractivity contribution in [2.45, 2.75) is 82.7 Å². The first-order valence-corrected chi connectivity index (χ1v) is 18.3. The van der Waals surface area contributed by atoms with E-state index in [1.54, 1.807) is 32.9 Å². The van der Waals surface area contributed by atoms with Crippen molar-refractivity contribution in [3.63, 3.8) is 0 Å². The molecule has 52 heavy (non-hydrogen) atoms. The van der Waals surface area contributed by atoms with Crippen molar-refractivity contribution in [2.24, 2.45) is 28.6 Å². The van der Waals surface area contributed by atoms with Crippen LogP contribution < -0.4 is 15.6 Å². The Balaban J connectivity index is 0.000000164.